The van der Waals surface area contributed by atoms with E-state index in [9.17, 15) is 4.79 Å². The predicted molar refractivity (Wildman–Crippen MR) is 93.0 cm³/mol. The zero-order valence-electron chi connectivity index (χ0n) is 13.6. The number of esters is 1. The lowest BCUT2D eigenvalue weighted by molar-refractivity contribution is -0.134. The number of halogens is 1. The molecule has 22 heavy (non-hydrogen) atoms. The standard InChI is InChI=1S/C16H16ClNO2.C2H6/c1-6-14(9-15(17)13(5)10-18)20-16(19)12(4)8-7-11(2)3;1-2/h6-9H,2,4-5H2,1,3H3;1-2H3/b8-7-,14-6+,15-9+;. The zero-order chi connectivity index (χ0) is 17.7. The molecule has 0 unspecified atom stereocenters. The third-order valence-electron chi connectivity index (χ3n) is 2.02. The Morgan fingerprint density at radius 1 is 1.23 bits per heavy atom. The van der Waals surface area contributed by atoms with Crippen molar-refractivity contribution in [2.24, 2.45) is 0 Å². The molecule has 0 saturated heterocycles. The van der Waals surface area contributed by atoms with Gasteiger partial charge in [0.15, 0.2) is 0 Å². The van der Waals surface area contributed by atoms with Crippen LogP contribution in [0.2, 0.25) is 0 Å². The highest BCUT2D eigenvalue weighted by Gasteiger charge is 2.09. The van der Waals surface area contributed by atoms with Crippen molar-refractivity contribution in [3.05, 3.63) is 71.6 Å². The van der Waals surface area contributed by atoms with Crippen LogP contribution in [0.1, 0.15) is 27.7 Å². The Balaban J connectivity index is 0. The lowest BCUT2D eigenvalue weighted by Gasteiger charge is -2.05. The second-order valence-corrected chi connectivity index (χ2v) is 4.28. The van der Waals surface area contributed by atoms with Crippen LogP contribution in [-0.4, -0.2) is 5.97 Å². The summed E-state index contributed by atoms with van der Waals surface area (Å²) in [6, 6.07) is 1.80. The molecule has 0 aromatic carbocycles. The number of rotatable bonds is 6. The molecule has 0 aliphatic rings. The van der Waals surface area contributed by atoms with Crippen molar-refractivity contribution in [3.8, 4) is 6.07 Å². The van der Waals surface area contributed by atoms with E-state index in [2.05, 4.69) is 19.7 Å². The molecule has 0 atom stereocenters. The SMILES string of the molecule is C=C(C)/C=C\C(=C)C(=O)OC(=C/C)/C=C(/Cl)C(=C)C#N.CC. The van der Waals surface area contributed by atoms with E-state index < -0.39 is 5.97 Å². The van der Waals surface area contributed by atoms with E-state index in [1.54, 1.807) is 32.1 Å². The minimum atomic E-state index is -0.612. The molecule has 0 radical (unpaired) electrons. The summed E-state index contributed by atoms with van der Waals surface area (Å²) in [5.41, 5.74) is 1.05. The van der Waals surface area contributed by atoms with E-state index in [4.69, 9.17) is 21.6 Å². The Morgan fingerprint density at radius 2 is 1.77 bits per heavy atom. The largest absolute Gasteiger partial charge is 0.423 e. The van der Waals surface area contributed by atoms with Gasteiger partial charge in [0.25, 0.3) is 0 Å². The molecule has 0 N–H and O–H groups in total. The first-order chi connectivity index (χ1) is 10.3. The molecule has 0 bridgehead atoms. The van der Waals surface area contributed by atoms with Crippen LogP contribution >= 0.6 is 11.6 Å². The predicted octanol–water partition coefficient (Wildman–Crippen LogP) is 5.35. The van der Waals surface area contributed by atoms with Crippen LogP contribution in [0.5, 0.6) is 0 Å². The fourth-order valence-corrected chi connectivity index (χ4v) is 1.07. The van der Waals surface area contributed by atoms with Crippen LogP contribution in [0.15, 0.2) is 71.6 Å². The first kappa shape index (κ1) is 22.0. The van der Waals surface area contributed by atoms with Crippen LogP contribution in [0.4, 0.5) is 0 Å². The van der Waals surface area contributed by atoms with Crippen molar-refractivity contribution < 1.29 is 9.53 Å². The summed E-state index contributed by atoms with van der Waals surface area (Å²) in [6.45, 7) is 18.2. The molecule has 0 fully saturated rings. The molecule has 0 spiro atoms. The fraction of sp³-hybridized carbons (Fsp3) is 0.222. The molecular formula is C18H22ClNO2. The number of carbonyl (C=O) groups excluding carboxylic acids is 1. The second kappa shape index (κ2) is 12.4. The van der Waals surface area contributed by atoms with E-state index in [1.807, 2.05) is 13.8 Å². The maximum Gasteiger partial charge on any atom is 0.342 e. The monoisotopic (exact) mass is 319 g/mol. The highest BCUT2D eigenvalue weighted by molar-refractivity contribution is 6.32. The van der Waals surface area contributed by atoms with Crippen molar-refractivity contribution in [2.75, 3.05) is 0 Å². The molecule has 0 amide bonds. The lowest BCUT2D eigenvalue weighted by Crippen LogP contribution is -2.04. The first-order valence-corrected chi connectivity index (χ1v) is 7.07. The highest BCUT2D eigenvalue weighted by atomic mass is 35.5. The van der Waals surface area contributed by atoms with Crippen LogP contribution in [0.3, 0.4) is 0 Å². The van der Waals surface area contributed by atoms with E-state index in [1.165, 1.54) is 12.2 Å². The number of ether oxygens (including phenoxy) is 1. The number of carbonyl (C=O) groups is 1. The van der Waals surface area contributed by atoms with Gasteiger partial charge in [0.1, 0.15) is 11.8 Å². The third kappa shape index (κ3) is 9.57. The Bertz CT molecular complexity index is 572. The van der Waals surface area contributed by atoms with Gasteiger partial charge < -0.3 is 4.74 Å². The van der Waals surface area contributed by atoms with Crippen molar-refractivity contribution in [3.63, 3.8) is 0 Å². The minimum absolute atomic E-state index is 0.0862. The maximum absolute atomic E-state index is 11.7. The lowest BCUT2D eigenvalue weighted by atomic mass is 10.2. The molecule has 0 aliphatic heterocycles. The summed E-state index contributed by atoms with van der Waals surface area (Å²) in [5.74, 6) is -0.403. The van der Waals surface area contributed by atoms with Crippen molar-refractivity contribution >= 4 is 17.6 Å². The maximum atomic E-state index is 11.7. The van der Waals surface area contributed by atoms with Gasteiger partial charge in [-0.15, -0.1) is 0 Å². The van der Waals surface area contributed by atoms with Gasteiger partial charge in [-0.25, -0.2) is 4.79 Å². The molecule has 0 aromatic rings. The van der Waals surface area contributed by atoms with Gasteiger partial charge in [-0.1, -0.05) is 56.8 Å². The number of nitrogens with zero attached hydrogens (tertiary/aromatic N) is 1. The number of hydrogen-bond acceptors (Lipinski definition) is 3. The quantitative estimate of drug-likeness (QED) is 0.218. The van der Waals surface area contributed by atoms with E-state index in [-0.39, 0.29) is 21.9 Å². The summed E-state index contributed by atoms with van der Waals surface area (Å²) < 4.78 is 5.09. The average molecular weight is 320 g/mol. The van der Waals surface area contributed by atoms with Crippen LogP contribution in [0.25, 0.3) is 0 Å². The van der Waals surface area contributed by atoms with Crippen molar-refractivity contribution in [2.45, 2.75) is 27.7 Å². The van der Waals surface area contributed by atoms with E-state index in [0.29, 0.717) is 0 Å². The van der Waals surface area contributed by atoms with Gasteiger partial charge in [0, 0.05) is 6.08 Å². The molecule has 3 nitrogen and oxygen atoms in total. The summed E-state index contributed by atoms with van der Waals surface area (Å²) in [5, 5.41) is 8.76. The summed E-state index contributed by atoms with van der Waals surface area (Å²) in [7, 11) is 0. The van der Waals surface area contributed by atoms with Gasteiger partial charge in [0.2, 0.25) is 0 Å². The van der Waals surface area contributed by atoms with Crippen LogP contribution < -0.4 is 0 Å². The third-order valence-corrected chi connectivity index (χ3v) is 2.36. The summed E-state index contributed by atoms with van der Waals surface area (Å²) in [4.78, 5) is 11.7. The molecule has 0 heterocycles. The Hall–Kier alpha value is -2.31. The van der Waals surface area contributed by atoms with Gasteiger partial charge in [-0.2, -0.15) is 5.26 Å². The summed E-state index contributed by atoms with van der Waals surface area (Å²) >= 11 is 5.83. The van der Waals surface area contributed by atoms with E-state index in [0.717, 1.165) is 5.57 Å². The molecule has 4 heteroatoms. The molecular weight excluding hydrogens is 298 g/mol. The Labute approximate surface area is 138 Å². The molecule has 0 aliphatic carbocycles. The average Bonchev–Trinajstić information content (AvgIpc) is 2.52. The van der Waals surface area contributed by atoms with Gasteiger partial charge in [-0.05, 0) is 26.0 Å². The topological polar surface area (TPSA) is 50.1 Å². The molecule has 0 rings (SSSR count). The first-order valence-electron chi connectivity index (χ1n) is 6.69. The zero-order valence-corrected chi connectivity index (χ0v) is 14.3. The van der Waals surface area contributed by atoms with Crippen molar-refractivity contribution in [1.29, 1.82) is 5.26 Å². The second-order valence-electron chi connectivity index (χ2n) is 3.87. The molecule has 118 valence electrons. The molecule has 0 aromatic heterocycles. The normalized spacial score (nSPS) is 11.1. The smallest absolute Gasteiger partial charge is 0.342 e. The van der Waals surface area contributed by atoms with Gasteiger partial charge >= 0.3 is 5.97 Å². The number of allylic oxidation sites excluding steroid dienone is 6. The Morgan fingerprint density at radius 3 is 2.18 bits per heavy atom. The van der Waals surface area contributed by atoms with Gasteiger partial charge in [-0.3, -0.25) is 0 Å². The number of nitriles is 1. The molecule has 0 saturated carbocycles. The summed E-state index contributed by atoms with van der Waals surface area (Å²) in [6.07, 6.45) is 6.05. The highest BCUT2D eigenvalue weighted by Crippen LogP contribution is 2.16. The van der Waals surface area contributed by atoms with Crippen LogP contribution in [-0.2, 0) is 9.53 Å². The van der Waals surface area contributed by atoms with E-state index >= 15 is 0 Å². The minimum Gasteiger partial charge on any atom is -0.423 e. The Kier molecular flexibility index (Phi) is 12.4. The van der Waals surface area contributed by atoms with Crippen LogP contribution in [0, 0.1) is 11.3 Å². The number of hydrogen-bond donors (Lipinski definition) is 0. The van der Waals surface area contributed by atoms with Gasteiger partial charge in [0.05, 0.1) is 16.2 Å². The van der Waals surface area contributed by atoms with Crippen molar-refractivity contribution in [1.82, 2.24) is 0 Å². The fourth-order valence-electron chi connectivity index (χ4n) is 0.921.